The van der Waals surface area contributed by atoms with Gasteiger partial charge >= 0.3 is 0 Å². The van der Waals surface area contributed by atoms with Gasteiger partial charge < -0.3 is 10.1 Å². The topological polar surface area (TPSA) is 38.3 Å². The van der Waals surface area contributed by atoms with Crippen LogP contribution in [0.5, 0.6) is 0 Å². The van der Waals surface area contributed by atoms with E-state index in [1.54, 1.807) is 0 Å². The molecule has 5 heteroatoms. The Morgan fingerprint density at radius 1 is 0.833 bits per heavy atom. The van der Waals surface area contributed by atoms with E-state index in [1.807, 2.05) is 48.5 Å². The first-order chi connectivity index (χ1) is 11.7. The molecule has 124 valence electrons. The molecule has 0 saturated carbocycles. The molecule has 0 aliphatic carbocycles. The van der Waals surface area contributed by atoms with Crippen molar-refractivity contribution in [2.45, 2.75) is 12.1 Å². The van der Waals surface area contributed by atoms with Crippen LogP contribution in [-0.2, 0) is 9.53 Å². The van der Waals surface area contributed by atoms with Gasteiger partial charge in [0.1, 0.15) is 5.78 Å². The van der Waals surface area contributed by atoms with Crippen molar-refractivity contribution in [3.8, 4) is 0 Å². The van der Waals surface area contributed by atoms with Crippen LogP contribution in [0.3, 0.4) is 0 Å². The van der Waals surface area contributed by atoms with Crippen LogP contribution in [0.15, 0.2) is 48.5 Å². The van der Waals surface area contributed by atoms with E-state index < -0.39 is 0 Å². The number of carbonyl (C=O) groups is 1. The molecule has 2 fully saturated rings. The lowest BCUT2D eigenvalue weighted by Crippen LogP contribution is -2.54. The summed E-state index contributed by atoms with van der Waals surface area (Å²) in [6, 6.07) is 14.9. The number of piperidine rings is 1. The Bertz CT molecular complexity index is 718. The molecule has 4 unspecified atom stereocenters. The van der Waals surface area contributed by atoms with Crippen molar-refractivity contribution in [3.63, 3.8) is 0 Å². The molecule has 2 aliphatic heterocycles. The molecule has 2 bridgehead atoms. The Labute approximate surface area is 150 Å². The zero-order valence-electron chi connectivity index (χ0n) is 12.9. The van der Waals surface area contributed by atoms with Crippen LogP contribution in [0, 0.1) is 11.8 Å². The molecule has 4 rings (SSSR count). The van der Waals surface area contributed by atoms with E-state index in [2.05, 4.69) is 5.32 Å². The number of ether oxygens (including phenoxy) is 1. The van der Waals surface area contributed by atoms with Crippen molar-refractivity contribution >= 4 is 29.0 Å². The van der Waals surface area contributed by atoms with Crippen molar-refractivity contribution in [1.82, 2.24) is 5.32 Å². The predicted molar refractivity (Wildman–Crippen MR) is 94.3 cm³/mol. The summed E-state index contributed by atoms with van der Waals surface area (Å²) in [5, 5.41) is 4.94. The Morgan fingerprint density at radius 2 is 1.29 bits per heavy atom. The predicted octanol–water partition coefficient (Wildman–Crippen LogP) is 4.21. The highest BCUT2D eigenvalue weighted by molar-refractivity contribution is 6.31. The molecule has 2 aromatic rings. The van der Waals surface area contributed by atoms with E-state index in [0.29, 0.717) is 23.3 Å². The van der Waals surface area contributed by atoms with E-state index in [4.69, 9.17) is 27.9 Å². The van der Waals surface area contributed by atoms with Crippen molar-refractivity contribution < 1.29 is 9.53 Å². The van der Waals surface area contributed by atoms with Crippen LogP contribution >= 0.6 is 23.2 Å². The van der Waals surface area contributed by atoms with E-state index in [1.165, 1.54) is 0 Å². The number of fused-ring (bicyclic) bond motifs is 2. The fourth-order valence-electron chi connectivity index (χ4n) is 3.78. The van der Waals surface area contributed by atoms with Gasteiger partial charge in [-0.3, -0.25) is 4.79 Å². The second kappa shape index (κ2) is 6.49. The van der Waals surface area contributed by atoms with E-state index >= 15 is 0 Å². The molecule has 4 atom stereocenters. The monoisotopic (exact) mass is 361 g/mol. The number of nitrogens with one attached hydrogen (secondary N) is 1. The van der Waals surface area contributed by atoms with Crippen LogP contribution in [0.1, 0.15) is 23.2 Å². The molecule has 24 heavy (non-hydrogen) atoms. The third-order valence-electron chi connectivity index (χ3n) is 4.97. The van der Waals surface area contributed by atoms with Crippen LogP contribution in [0.2, 0.25) is 10.0 Å². The summed E-state index contributed by atoms with van der Waals surface area (Å²) >= 11 is 12.8. The highest BCUT2D eigenvalue weighted by atomic mass is 35.5. The van der Waals surface area contributed by atoms with Gasteiger partial charge in [0, 0.05) is 22.1 Å². The van der Waals surface area contributed by atoms with Crippen LogP contribution in [0.4, 0.5) is 0 Å². The summed E-state index contributed by atoms with van der Waals surface area (Å²) in [6.07, 6.45) is 0. The fraction of sp³-hybridized carbons (Fsp3) is 0.316. The fourth-order valence-corrected chi connectivity index (χ4v) is 4.28. The van der Waals surface area contributed by atoms with Gasteiger partial charge in [-0.15, -0.1) is 0 Å². The molecular formula is C19H17Cl2NO2. The normalized spacial score (nSPS) is 29.5. The van der Waals surface area contributed by atoms with Crippen molar-refractivity contribution in [2.24, 2.45) is 11.8 Å². The first-order valence-corrected chi connectivity index (χ1v) is 8.79. The van der Waals surface area contributed by atoms with Gasteiger partial charge in [-0.05, 0) is 23.3 Å². The maximum absolute atomic E-state index is 13.0. The molecule has 0 aromatic heterocycles. The number of carbonyl (C=O) groups excluding carboxylic acids is 1. The minimum Gasteiger partial charge on any atom is -0.380 e. The number of hydrogen-bond acceptors (Lipinski definition) is 3. The van der Waals surface area contributed by atoms with Gasteiger partial charge in [0.2, 0.25) is 0 Å². The van der Waals surface area contributed by atoms with Crippen LogP contribution in [-0.4, -0.2) is 19.0 Å². The summed E-state index contributed by atoms with van der Waals surface area (Å²) in [5.74, 6) is -0.209. The molecule has 0 radical (unpaired) electrons. The lowest BCUT2D eigenvalue weighted by molar-refractivity contribution is -0.146. The lowest BCUT2D eigenvalue weighted by Gasteiger charge is -2.45. The highest BCUT2D eigenvalue weighted by Crippen LogP contribution is 2.43. The van der Waals surface area contributed by atoms with Crippen molar-refractivity contribution in [1.29, 1.82) is 0 Å². The number of hydrogen-bond donors (Lipinski definition) is 1. The summed E-state index contributed by atoms with van der Waals surface area (Å²) in [6.45, 7) is 0.848. The molecule has 3 nitrogen and oxygen atoms in total. The molecule has 1 N–H and O–H groups in total. The summed E-state index contributed by atoms with van der Waals surface area (Å²) in [7, 11) is 0. The molecule has 0 spiro atoms. The second-order valence-corrected chi connectivity index (χ2v) is 7.13. The molecule has 0 amide bonds. The summed E-state index contributed by atoms with van der Waals surface area (Å²) in [5.41, 5.74) is 1.86. The van der Waals surface area contributed by atoms with Gasteiger partial charge in [-0.2, -0.15) is 0 Å². The Kier molecular flexibility index (Phi) is 4.35. The van der Waals surface area contributed by atoms with Crippen molar-refractivity contribution in [2.75, 3.05) is 13.2 Å². The quantitative estimate of drug-likeness (QED) is 0.870. The van der Waals surface area contributed by atoms with Crippen LogP contribution in [0.25, 0.3) is 0 Å². The maximum Gasteiger partial charge on any atom is 0.147 e. The number of benzene rings is 2. The number of rotatable bonds is 2. The average molecular weight is 362 g/mol. The Hall–Kier alpha value is -1.39. The zero-order valence-corrected chi connectivity index (χ0v) is 14.4. The zero-order chi connectivity index (χ0) is 16.7. The SMILES string of the molecule is O=C1C2COCC1C(c1ccccc1Cl)NC2c1ccccc1Cl. The lowest BCUT2D eigenvalue weighted by atomic mass is 9.74. The number of halogens is 2. The standard InChI is InChI=1S/C19H17Cl2NO2/c20-15-7-3-1-5-11(15)17-13-9-24-10-14(19(13)23)18(22-17)12-6-2-4-8-16(12)21/h1-8,13-14,17-18,22H,9-10H2. The maximum atomic E-state index is 13.0. The minimum absolute atomic E-state index is 0.177. The van der Waals surface area contributed by atoms with Gasteiger partial charge in [-0.25, -0.2) is 0 Å². The molecule has 2 heterocycles. The van der Waals surface area contributed by atoms with Gasteiger partial charge in [0.05, 0.1) is 25.0 Å². The first-order valence-electron chi connectivity index (χ1n) is 8.03. The van der Waals surface area contributed by atoms with E-state index in [9.17, 15) is 4.79 Å². The van der Waals surface area contributed by atoms with Crippen LogP contribution < -0.4 is 5.32 Å². The molecule has 2 saturated heterocycles. The second-order valence-electron chi connectivity index (χ2n) is 6.32. The first kappa shape index (κ1) is 16.1. The average Bonchev–Trinajstić information content (AvgIpc) is 2.57. The number of Topliss-reactive ketones (excluding diaryl/α,β-unsaturated/α-hetero) is 1. The highest BCUT2D eigenvalue weighted by Gasteiger charge is 2.48. The Morgan fingerprint density at radius 3 is 1.75 bits per heavy atom. The van der Waals surface area contributed by atoms with E-state index in [0.717, 1.165) is 11.1 Å². The number of ketones is 1. The third-order valence-corrected chi connectivity index (χ3v) is 5.66. The Balaban J connectivity index is 1.78. The minimum atomic E-state index is -0.220. The summed E-state index contributed by atoms with van der Waals surface area (Å²) in [4.78, 5) is 13.0. The molecule has 2 aliphatic rings. The van der Waals surface area contributed by atoms with Crippen molar-refractivity contribution in [3.05, 3.63) is 69.7 Å². The largest absolute Gasteiger partial charge is 0.380 e. The van der Waals surface area contributed by atoms with E-state index in [-0.39, 0.29) is 29.7 Å². The smallest absolute Gasteiger partial charge is 0.147 e. The third kappa shape index (κ3) is 2.66. The molecule has 2 aromatic carbocycles. The molecular weight excluding hydrogens is 345 g/mol. The van der Waals surface area contributed by atoms with Gasteiger partial charge in [-0.1, -0.05) is 59.6 Å². The summed E-state index contributed by atoms with van der Waals surface area (Å²) < 4.78 is 5.74. The van der Waals surface area contributed by atoms with Gasteiger partial charge in [0.25, 0.3) is 0 Å². The van der Waals surface area contributed by atoms with Gasteiger partial charge in [0.15, 0.2) is 0 Å².